The highest BCUT2D eigenvalue weighted by molar-refractivity contribution is 7.89. The Morgan fingerprint density at radius 2 is 1.96 bits per heavy atom. The molecule has 0 heterocycles. The van der Waals surface area contributed by atoms with Crippen LogP contribution in [0.1, 0.15) is 21.5 Å². The van der Waals surface area contributed by atoms with Crippen molar-refractivity contribution in [3.8, 4) is 6.07 Å². The van der Waals surface area contributed by atoms with Crippen molar-refractivity contribution in [3.05, 3.63) is 65.0 Å². The number of esters is 1. The molecule has 0 atom stereocenters. The topological polar surface area (TPSA) is 87.5 Å². The molecule has 6 nitrogen and oxygen atoms in total. The third-order valence-corrected chi connectivity index (χ3v) is 5.19. The van der Waals surface area contributed by atoms with Crippen molar-refractivity contribution in [1.82, 2.24) is 4.31 Å². The van der Waals surface area contributed by atoms with Crippen LogP contribution >= 0.6 is 0 Å². The van der Waals surface area contributed by atoms with E-state index in [1.165, 1.54) is 50.5 Å². The van der Waals surface area contributed by atoms with Gasteiger partial charge in [-0.1, -0.05) is 6.07 Å². The number of nitrogens with zero attached hydrogens (tertiary/aromatic N) is 2. The number of carbonyl (C=O) groups is 1. The summed E-state index contributed by atoms with van der Waals surface area (Å²) in [5.74, 6) is -1.40. The number of rotatable bonds is 5. The SMILES string of the molecule is CN(C)S(=O)(=O)c1cccc(C(=O)OCc2cc(C#N)ccc2F)c1. The van der Waals surface area contributed by atoms with Gasteiger partial charge < -0.3 is 4.74 Å². The first-order chi connectivity index (χ1) is 11.8. The molecule has 2 aromatic carbocycles. The molecule has 2 aromatic rings. The Kier molecular flexibility index (Phi) is 5.51. The van der Waals surface area contributed by atoms with Crippen molar-refractivity contribution in [2.75, 3.05) is 14.1 Å². The zero-order chi connectivity index (χ0) is 18.6. The summed E-state index contributed by atoms with van der Waals surface area (Å²) >= 11 is 0. The summed E-state index contributed by atoms with van der Waals surface area (Å²) in [5, 5.41) is 8.82. The van der Waals surface area contributed by atoms with E-state index in [1.807, 2.05) is 6.07 Å². The van der Waals surface area contributed by atoms with Gasteiger partial charge in [-0.2, -0.15) is 5.26 Å². The van der Waals surface area contributed by atoms with Gasteiger partial charge in [-0.05, 0) is 36.4 Å². The maximum Gasteiger partial charge on any atom is 0.338 e. The first-order valence-electron chi connectivity index (χ1n) is 7.14. The van der Waals surface area contributed by atoms with Gasteiger partial charge in [0.1, 0.15) is 12.4 Å². The third kappa shape index (κ3) is 4.21. The van der Waals surface area contributed by atoms with Crippen LogP contribution in [0.2, 0.25) is 0 Å². The number of halogens is 1. The molecule has 0 saturated heterocycles. The number of hydrogen-bond donors (Lipinski definition) is 0. The lowest BCUT2D eigenvalue weighted by Gasteiger charge is -2.12. The highest BCUT2D eigenvalue weighted by Crippen LogP contribution is 2.17. The number of carbonyl (C=O) groups excluding carboxylic acids is 1. The highest BCUT2D eigenvalue weighted by Gasteiger charge is 2.19. The molecule has 2 rings (SSSR count). The van der Waals surface area contributed by atoms with Gasteiger partial charge in [0.2, 0.25) is 10.0 Å². The number of sulfonamides is 1. The van der Waals surface area contributed by atoms with E-state index in [9.17, 15) is 17.6 Å². The smallest absolute Gasteiger partial charge is 0.338 e. The van der Waals surface area contributed by atoms with Crippen LogP contribution in [0, 0.1) is 17.1 Å². The Morgan fingerprint density at radius 1 is 1.24 bits per heavy atom. The molecule has 0 radical (unpaired) electrons. The fourth-order valence-electron chi connectivity index (χ4n) is 1.98. The van der Waals surface area contributed by atoms with E-state index in [2.05, 4.69) is 0 Å². The minimum Gasteiger partial charge on any atom is -0.457 e. The molecular formula is C17H15FN2O4S. The molecule has 0 saturated carbocycles. The van der Waals surface area contributed by atoms with Crippen LogP contribution in [0.3, 0.4) is 0 Å². The molecule has 8 heteroatoms. The minimum absolute atomic E-state index is 0.0276. The zero-order valence-electron chi connectivity index (χ0n) is 13.6. The quantitative estimate of drug-likeness (QED) is 0.762. The maximum atomic E-state index is 13.7. The molecule has 0 unspecified atom stereocenters. The molecule has 0 fully saturated rings. The van der Waals surface area contributed by atoms with E-state index in [0.717, 1.165) is 10.4 Å². The lowest BCUT2D eigenvalue weighted by molar-refractivity contribution is 0.0468. The van der Waals surface area contributed by atoms with Crippen molar-refractivity contribution in [1.29, 1.82) is 5.26 Å². The maximum absolute atomic E-state index is 13.7. The predicted molar refractivity (Wildman–Crippen MR) is 87.5 cm³/mol. The van der Waals surface area contributed by atoms with E-state index in [-0.39, 0.29) is 28.2 Å². The summed E-state index contributed by atoms with van der Waals surface area (Å²) in [6, 6.07) is 11.0. The van der Waals surface area contributed by atoms with Crippen molar-refractivity contribution in [2.45, 2.75) is 11.5 Å². The van der Waals surface area contributed by atoms with E-state index in [0.29, 0.717) is 0 Å². The summed E-state index contributed by atoms with van der Waals surface area (Å²) in [6.45, 7) is -0.370. The summed E-state index contributed by atoms with van der Waals surface area (Å²) in [6.07, 6.45) is 0. The Hall–Kier alpha value is -2.76. The Morgan fingerprint density at radius 3 is 2.60 bits per heavy atom. The van der Waals surface area contributed by atoms with Gasteiger partial charge in [0.25, 0.3) is 0 Å². The molecular weight excluding hydrogens is 347 g/mol. The van der Waals surface area contributed by atoms with Crippen LogP contribution in [-0.4, -0.2) is 32.8 Å². The molecule has 0 amide bonds. The fourth-order valence-corrected chi connectivity index (χ4v) is 2.92. The molecule has 0 aliphatic carbocycles. The molecule has 130 valence electrons. The summed E-state index contributed by atoms with van der Waals surface area (Å²) < 4.78 is 43.9. The number of hydrogen-bond acceptors (Lipinski definition) is 5. The largest absolute Gasteiger partial charge is 0.457 e. The number of benzene rings is 2. The predicted octanol–water partition coefficient (Wildman–Crippen LogP) is 2.30. The Balaban J connectivity index is 2.19. The standard InChI is InChI=1S/C17H15FN2O4S/c1-20(2)25(22,23)15-5-3-4-13(9-15)17(21)24-11-14-8-12(10-19)6-7-16(14)18/h3-9H,11H2,1-2H3. The van der Waals surface area contributed by atoms with Gasteiger partial charge in [0.15, 0.2) is 0 Å². The van der Waals surface area contributed by atoms with Crippen molar-refractivity contribution < 1.29 is 22.3 Å². The average Bonchev–Trinajstić information content (AvgIpc) is 2.60. The van der Waals surface area contributed by atoms with Crippen LogP contribution in [0.5, 0.6) is 0 Å². The summed E-state index contributed by atoms with van der Waals surface area (Å²) in [5.41, 5.74) is 0.329. The normalized spacial score (nSPS) is 11.2. The second kappa shape index (κ2) is 7.42. The van der Waals surface area contributed by atoms with Gasteiger partial charge in [-0.25, -0.2) is 21.9 Å². The summed E-state index contributed by atoms with van der Waals surface area (Å²) in [7, 11) is -0.926. The molecule has 0 N–H and O–H groups in total. The average molecular weight is 362 g/mol. The van der Waals surface area contributed by atoms with Crippen molar-refractivity contribution >= 4 is 16.0 Å². The lowest BCUT2D eigenvalue weighted by Crippen LogP contribution is -2.22. The first kappa shape index (κ1) is 18.6. The van der Waals surface area contributed by atoms with E-state index >= 15 is 0 Å². The molecule has 25 heavy (non-hydrogen) atoms. The van der Waals surface area contributed by atoms with Gasteiger partial charge in [-0.3, -0.25) is 0 Å². The van der Waals surface area contributed by atoms with Gasteiger partial charge >= 0.3 is 5.97 Å². The second-order valence-electron chi connectivity index (χ2n) is 5.31. The molecule has 0 aromatic heterocycles. The molecule has 0 spiro atoms. The Bertz CT molecular complexity index is 949. The first-order valence-corrected chi connectivity index (χ1v) is 8.58. The fraction of sp³-hybridized carbons (Fsp3) is 0.176. The minimum atomic E-state index is -3.69. The van der Waals surface area contributed by atoms with Crippen LogP contribution in [0.25, 0.3) is 0 Å². The van der Waals surface area contributed by atoms with Crippen LogP contribution < -0.4 is 0 Å². The second-order valence-corrected chi connectivity index (χ2v) is 7.46. The highest BCUT2D eigenvalue weighted by atomic mass is 32.2. The number of nitriles is 1. The molecule has 0 aliphatic heterocycles. The third-order valence-electron chi connectivity index (χ3n) is 3.38. The molecule has 0 aliphatic rings. The van der Waals surface area contributed by atoms with Crippen LogP contribution in [0.15, 0.2) is 47.4 Å². The monoisotopic (exact) mass is 362 g/mol. The van der Waals surface area contributed by atoms with Crippen LogP contribution in [0.4, 0.5) is 4.39 Å². The van der Waals surface area contributed by atoms with Crippen molar-refractivity contribution in [3.63, 3.8) is 0 Å². The van der Waals surface area contributed by atoms with E-state index in [4.69, 9.17) is 10.00 Å². The van der Waals surface area contributed by atoms with Gasteiger partial charge in [-0.15, -0.1) is 0 Å². The van der Waals surface area contributed by atoms with Gasteiger partial charge in [0.05, 0.1) is 22.1 Å². The van der Waals surface area contributed by atoms with Crippen molar-refractivity contribution in [2.24, 2.45) is 0 Å². The molecule has 0 bridgehead atoms. The lowest BCUT2D eigenvalue weighted by atomic mass is 10.1. The van der Waals surface area contributed by atoms with Gasteiger partial charge in [0, 0.05) is 19.7 Å². The van der Waals surface area contributed by atoms with E-state index in [1.54, 1.807) is 0 Å². The number of ether oxygens (including phenoxy) is 1. The summed E-state index contributed by atoms with van der Waals surface area (Å²) in [4.78, 5) is 12.1. The van der Waals surface area contributed by atoms with Crippen LogP contribution in [-0.2, 0) is 21.4 Å². The van der Waals surface area contributed by atoms with E-state index < -0.39 is 21.8 Å². The zero-order valence-corrected chi connectivity index (χ0v) is 14.4. The Labute approximate surface area is 145 Å².